The third kappa shape index (κ3) is 3.31. The first-order valence-corrected chi connectivity index (χ1v) is 9.24. The van der Waals surface area contributed by atoms with E-state index in [0.29, 0.717) is 13.0 Å². The predicted octanol–water partition coefficient (Wildman–Crippen LogP) is 2.72. The van der Waals surface area contributed by atoms with Gasteiger partial charge in [0.15, 0.2) is 0 Å². The van der Waals surface area contributed by atoms with E-state index in [9.17, 15) is 4.79 Å². The monoisotopic (exact) mass is 342 g/mol. The number of benzene rings is 1. The lowest BCUT2D eigenvalue weighted by Gasteiger charge is -2.45. The second kappa shape index (κ2) is 6.81. The van der Waals surface area contributed by atoms with Crippen molar-refractivity contribution in [3.05, 3.63) is 36.1 Å². The molecule has 1 amide bonds. The van der Waals surface area contributed by atoms with Crippen LogP contribution in [0.15, 0.2) is 34.9 Å². The number of nitrogens with zero attached hydrogens (tertiary/aromatic N) is 1. The average Bonchev–Trinajstić information content (AvgIpc) is 3.06. The van der Waals surface area contributed by atoms with Crippen LogP contribution in [-0.2, 0) is 16.0 Å². The fourth-order valence-corrected chi connectivity index (χ4v) is 4.17. The minimum atomic E-state index is 0.193. The van der Waals surface area contributed by atoms with Crippen LogP contribution in [0, 0.1) is 5.41 Å². The zero-order valence-electron chi connectivity index (χ0n) is 14.6. The summed E-state index contributed by atoms with van der Waals surface area (Å²) in [7, 11) is 0. The van der Waals surface area contributed by atoms with Gasteiger partial charge in [-0.3, -0.25) is 4.79 Å². The zero-order chi connectivity index (χ0) is 17.3. The van der Waals surface area contributed by atoms with Crippen molar-refractivity contribution in [3.8, 4) is 0 Å². The first-order chi connectivity index (χ1) is 12.2. The number of furan rings is 1. The molecule has 134 valence electrons. The molecule has 0 bridgehead atoms. The molecule has 2 aliphatic heterocycles. The van der Waals surface area contributed by atoms with Crippen LogP contribution in [0.4, 0.5) is 0 Å². The second-order valence-corrected chi connectivity index (χ2v) is 7.52. The summed E-state index contributed by atoms with van der Waals surface area (Å²) >= 11 is 0. The molecule has 2 fully saturated rings. The molecule has 1 aromatic carbocycles. The Hall–Kier alpha value is -1.85. The van der Waals surface area contributed by atoms with Gasteiger partial charge in [0, 0.05) is 30.6 Å². The maximum Gasteiger partial charge on any atom is 0.227 e. The van der Waals surface area contributed by atoms with Crippen LogP contribution in [0.3, 0.4) is 0 Å². The number of fused-ring (bicyclic) bond motifs is 1. The highest BCUT2D eigenvalue weighted by atomic mass is 16.5. The minimum absolute atomic E-state index is 0.193. The number of nitrogens with two attached hydrogens (primary N) is 1. The third-order valence-corrected chi connectivity index (χ3v) is 5.96. The van der Waals surface area contributed by atoms with E-state index in [-0.39, 0.29) is 17.4 Å². The van der Waals surface area contributed by atoms with Crippen molar-refractivity contribution in [3.63, 3.8) is 0 Å². The smallest absolute Gasteiger partial charge is 0.227 e. The molecule has 25 heavy (non-hydrogen) atoms. The Balaban J connectivity index is 1.35. The lowest BCUT2D eigenvalue weighted by Crippen LogP contribution is -2.48. The summed E-state index contributed by atoms with van der Waals surface area (Å²) in [5.41, 5.74) is 7.78. The Bertz CT molecular complexity index is 736. The second-order valence-electron chi connectivity index (χ2n) is 7.52. The van der Waals surface area contributed by atoms with Crippen molar-refractivity contribution in [1.29, 1.82) is 0 Å². The van der Waals surface area contributed by atoms with Crippen molar-refractivity contribution in [2.45, 2.75) is 38.2 Å². The molecule has 5 nitrogen and oxygen atoms in total. The molecule has 5 heteroatoms. The predicted molar refractivity (Wildman–Crippen MR) is 96.2 cm³/mol. The first-order valence-electron chi connectivity index (χ1n) is 9.24. The van der Waals surface area contributed by atoms with Crippen LogP contribution in [0.2, 0.25) is 0 Å². The van der Waals surface area contributed by atoms with E-state index in [0.717, 1.165) is 55.5 Å². The van der Waals surface area contributed by atoms with Gasteiger partial charge in [0.05, 0.1) is 25.4 Å². The standard InChI is InChI=1S/C20H26N2O3/c21-12-16-5-6-20(14-25-16)7-9-22(10-8-20)19(23)11-15-13-24-18-4-2-1-3-17(15)18/h1-4,13,16H,5-12,14,21H2. The molecule has 2 aromatic rings. The van der Waals surface area contributed by atoms with Crippen molar-refractivity contribution in [2.24, 2.45) is 11.1 Å². The van der Waals surface area contributed by atoms with Gasteiger partial charge in [-0.1, -0.05) is 18.2 Å². The number of amides is 1. The van der Waals surface area contributed by atoms with E-state index in [2.05, 4.69) is 0 Å². The highest BCUT2D eigenvalue weighted by molar-refractivity contribution is 5.87. The van der Waals surface area contributed by atoms with Gasteiger partial charge in [-0.15, -0.1) is 0 Å². The largest absolute Gasteiger partial charge is 0.464 e. The zero-order valence-corrected chi connectivity index (χ0v) is 14.6. The topological polar surface area (TPSA) is 68.7 Å². The summed E-state index contributed by atoms with van der Waals surface area (Å²) in [5, 5.41) is 1.04. The van der Waals surface area contributed by atoms with Gasteiger partial charge in [0.2, 0.25) is 5.91 Å². The van der Waals surface area contributed by atoms with Crippen LogP contribution < -0.4 is 5.73 Å². The maximum atomic E-state index is 12.7. The fourth-order valence-electron chi connectivity index (χ4n) is 4.17. The molecule has 0 radical (unpaired) electrons. The number of hydrogen-bond donors (Lipinski definition) is 1. The normalized spacial score (nSPS) is 23.2. The molecule has 2 aliphatic rings. The number of carbonyl (C=O) groups excluding carboxylic acids is 1. The third-order valence-electron chi connectivity index (χ3n) is 5.96. The Morgan fingerprint density at radius 3 is 2.76 bits per heavy atom. The van der Waals surface area contributed by atoms with Crippen LogP contribution in [0.5, 0.6) is 0 Å². The highest BCUT2D eigenvalue weighted by Crippen LogP contribution is 2.40. The molecule has 0 aliphatic carbocycles. The summed E-state index contributed by atoms with van der Waals surface area (Å²) in [6.07, 6.45) is 6.63. The van der Waals surface area contributed by atoms with Gasteiger partial charge in [-0.2, -0.15) is 0 Å². The summed E-state index contributed by atoms with van der Waals surface area (Å²) in [4.78, 5) is 14.7. The Kier molecular flexibility index (Phi) is 4.52. The van der Waals surface area contributed by atoms with Crippen molar-refractivity contribution >= 4 is 16.9 Å². The van der Waals surface area contributed by atoms with Gasteiger partial charge in [0.1, 0.15) is 5.58 Å². The molecule has 1 aromatic heterocycles. The maximum absolute atomic E-state index is 12.7. The molecule has 1 spiro atoms. The molecular weight excluding hydrogens is 316 g/mol. The summed E-state index contributed by atoms with van der Waals surface area (Å²) in [6.45, 7) is 3.05. The van der Waals surface area contributed by atoms with E-state index < -0.39 is 0 Å². The average molecular weight is 342 g/mol. The van der Waals surface area contributed by atoms with E-state index in [1.54, 1.807) is 6.26 Å². The number of para-hydroxylation sites is 1. The number of ether oxygens (including phenoxy) is 1. The summed E-state index contributed by atoms with van der Waals surface area (Å²) in [6, 6.07) is 7.88. The van der Waals surface area contributed by atoms with Gasteiger partial charge >= 0.3 is 0 Å². The van der Waals surface area contributed by atoms with Gasteiger partial charge < -0.3 is 19.8 Å². The SMILES string of the molecule is NCC1CCC2(CCN(C(=O)Cc3coc4ccccc34)CC2)CO1. The number of hydrogen-bond acceptors (Lipinski definition) is 4. The Morgan fingerprint density at radius 1 is 1.24 bits per heavy atom. The number of rotatable bonds is 3. The lowest BCUT2D eigenvalue weighted by atomic mass is 9.73. The number of piperidine rings is 1. The summed E-state index contributed by atoms with van der Waals surface area (Å²) < 4.78 is 11.5. The van der Waals surface area contributed by atoms with Crippen LogP contribution in [-0.4, -0.2) is 43.2 Å². The summed E-state index contributed by atoms with van der Waals surface area (Å²) in [5.74, 6) is 0.193. The van der Waals surface area contributed by atoms with Crippen LogP contribution in [0.25, 0.3) is 11.0 Å². The van der Waals surface area contributed by atoms with Gasteiger partial charge in [0.25, 0.3) is 0 Å². The van der Waals surface area contributed by atoms with Crippen molar-refractivity contribution in [2.75, 3.05) is 26.2 Å². The van der Waals surface area contributed by atoms with E-state index in [1.165, 1.54) is 6.42 Å². The highest BCUT2D eigenvalue weighted by Gasteiger charge is 2.39. The molecule has 2 saturated heterocycles. The molecule has 1 unspecified atom stereocenters. The first kappa shape index (κ1) is 16.6. The fraction of sp³-hybridized carbons (Fsp3) is 0.550. The van der Waals surface area contributed by atoms with Crippen LogP contribution >= 0.6 is 0 Å². The van der Waals surface area contributed by atoms with Crippen LogP contribution in [0.1, 0.15) is 31.2 Å². The number of likely N-dealkylation sites (tertiary alicyclic amines) is 1. The molecule has 2 N–H and O–H groups in total. The van der Waals surface area contributed by atoms with E-state index >= 15 is 0 Å². The molecule has 1 atom stereocenters. The van der Waals surface area contributed by atoms with Gasteiger partial charge in [-0.25, -0.2) is 0 Å². The van der Waals surface area contributed by atoms with Gasteiger partial charge in [-0.05, 0) is 37.2 Å². The lowest BCUT2D eigenvalue weighted by molar-refractivity contribution is -0.136. The Morgan fingerprint density at radius 2 is 2.04 bits per heavy atom. The van der Waals surface area contributed by atoms with E-state index in [1.807, 2.05) is 29.2 Å². The molecule has 0 saturated carbocycles. The van der Waals surface area contributed by atoms with E-state index in [4.69, 9.17) is 14.9 Å². The molecule has 4 rings (SSSR count). The minimum Gasteiger partial charge on any atom is -0.464 e. The molecular formula is C20H26N2O3. The van der Waals surface area contributed by atoms with Crippen molar-refractivity contribution in [1.82, 2.24) is 4.90 Å². The Labute approximate surface area is 148 Å². The van der Waals surface area contributed by atoms with Crippen molar-refractivity contribution < 1.29 is 13.9 Å². The number of carbonyl (C=O) groups is 1. The molecule has 3 heterocycles. The quantitative estimate of drug-likeness (QED) is 0.931.